The first-order valence-corrected chi connectivity index (χ1v) is 5.05. The topological polar surface area (TPSA) is 43.6 Å². The Morgan fingerprint density at radius 3 is 2.88 bits per heavy atom. The first-order valence-electron chi connectivity index (χ1n) is 5.05. The van der Waals surface area contributed by atoms with Gasteiger partial charge in [0.1, 0.15) is 18.2 Å². The Kier molecular flexibility index (Phi) is 1.93. The summed E-state index contributed by atoms with van der Waals surface area (Å²) in [4.78, 5) is 12.5. The minimum atomic E-state index is 0.811. The fourth-order valence-corrected chi connectivity index (χ4v) is 1.78. The van der Waals surface area contributed by atoms with Crippen LogP contribution in [0, 0.1) is 6.92 Å². The third kappa shape index (κ3) is 1.27. The van der Waals surface area contributed by atoms with Crippen molar-refractivity contribution in [1.29, 1.82) is 0 Å². The number of fused-ring (bicyclic) bond motifs is 1. The molecule has 78 valence electrons. The van der Waals surface area contributed by atoms with Gasteiger partial charge in [-0.1, -0.05) is 18.2 Å². The van der Waals surface area contributed by atoms with Crippen molar-refractivity contribution in [3.63, 3.8) is 0 Å². The standard InChI is InChI=1S/C12H10N4/c1-9-4-2-3-5-11(9)16-8-15-10-6-13-7-14-12(10)16/h2-8H,1H3. The van der Waals surface area contributed by atoms with E-state index < -0.39 is 0 Å². The van der Waals surface area contributed by atoms with Crippen LogP contribution >= 0.6 is 0 Å². The van der Waals surface area contributed by atoms with Crippen LogP contribution in [0.3, 0.4) is 0 Å². The maximum absolute atomic E-state index is 4.27. The van der Waals surface area contributed by atoms with Gasteiger partial charge in [-0.15, -0.1) is 0 Å². The predicted octanol–water partition coefficient (Wildman–Crippen LogP) is 2.12. The molecule has 16 heavy (non-hydrogen) atoms. The molecule has 0 radical (unpaired) electrons. The number of benzene rings is 1. The first kappa shape index (κ1) is 9.03. The highest BCUT2D eigenvalue weighted by molar-refractivity contribution is 5.71. The molecule has 0 aliphatic heterocycles. The van der Waals surface area contributed by atoms with Crippen LogP contribution in [0.1, 0.15) is 5.56 Å². The van der Waals surface area contributed by atoms with Crippen LogP contribution < -0.4 is 0 Å². The summed E-state index contributed by atoms with van der Waals surface area (Å²) in [6.45, 7) is 2.07. The van der Waals surface area contributed by atoms with E-state index in [1.54, 1.807) is 18.9 Å². The number of imidazole rings is 1. The summed E-state index contributed by atoms with van der Waals surface area (Å²) in [6.07, 6.45) is 5.04. The molecule has 4 heteroatoms. The fraction of sp³-hybridized carbons (Fsp3) is 0.0833. The lowest BCUT2D eigenvalue weighted by Gasteiger charge is -2.06. The third-order valence-corrected chi connectivity index (χ3v) is 2.59. The summed E-state index contributed by atoms with van der Waals surface area (Å²) >= 11 is 0. The Labute approximate surface area is 92.6 Å². The van der Waals surface area contributed by atoms with Crippen molar-refractivity contribution in [2.75, 3.05) is 0 Å². The van der Waals surface area contributed by atoms with Crippen molar-refractivity contribution in [3.05, 3.63) is 48.7 Å². The zero-order valence-corrected chi connectivity index (χ0v) is 8.83. The molecule has 0 spiro atoms. The van der Waals surface area contributed by atoms with Crippen LogP contribution in [0.25, 0.3) is 16.9 Å². The normalized spacial score (nSPS) is 10.8. The number of hydrogen-bond donors (Lipinski definition) is 0. The van der Waals surface area contributed by atoms with E-state index in [2.05, 4.69) is 34.0 Å². The van der Waals surface area contributed by atoms with Crippen LogP contribution in [0.5, 0.6) is 0 Å². The summed E-state index contributed by atoms with van der Waals surface area (Å²) in [7, 11) is 0. The summed E-state index contributed by atoms with van der Waals surface area (Å²) in [6, 6.07) is 8.16. The molecular weight excluding hydrogens is 200 g/mol. The van der Waals surface area contributed by atoms with Gasteiger partial charge >= 0.3 is 0 Å². The minimum absolute atomic E-state index is 0.811. The van der Waals surface area contributed by atoms with E-state index in [1.807, 2.05) is 16.7 Å². The summed E-state index contributed by atoms with van der Waals surface area (Å²) in [5.74, 6) is 0. The number of rotatable bonds is 1. The second-order valence-corrected chi connectivity index (χ2v) is 3.63. The van der Waals surface area contributed by atoms with Gasteiger partial charge in [0.2, 0.25) is 0 Å². The molecule has 1 aromatic carbocycles. The van der Waals surface area contributed by atoms with Crippen LogP contribution in [0.2, 0.25) is 0 Å². The Balaban J connectivity index is 2.31. The number of hydrogen-bond acceptors (Lipinski definition) is 3. The monoisotopic (exact) mass is 210 g/mol. The predicted molar refractivity (Wildman–Crippen MR) is 61.4 cm³/mol. The smallest absolute Gasteiger partial charge is 0.167 e. The van der Waals surface area contributed by atoms with Crippen molar-refractivity contribution in [2.24, 2.45) is 0 Å². The molecule has 0 saturated carbocycles. The third-order valence-electron chi connectivity index (χ3n) is 2.59. The van der Waals surface area contributed by atoms with Crippen LogP contribution in [0.4, 0.5) is 0 Å². The molecule has 0 saturated heterocycles. The van der Waals surface area contributed by atoms with Crippen molar-refractivity contribution in [2.45, 2.75) is 6.92 Å². The lowest BCUT2D eigenvalue weighted by Crippen LogP contribution is -1.96. The Hall–Kier alpha value is -2.23. The number of nitrogens with zero attached hydrogens (tertiary/aromatic N) is 4. The molecule has 4 nitrogen and oxygen atoms in total. The van der Waals surface area contributed by atoms with Crippen LogP contribution in [-0.4, -0.2) is 19.5 Å². The minimum Gasteiger partial charge on any atom is -0.283 e. The van der Waals surface area contributed by atoms with E-state index in [1.165, 1.54) is 5.56 Å². The number of aromatic nitrogens is 4. The molecule has 0 fully saturated rings. The van der Waals surface area contributed by atoms with E-state index in [0.717, 1.165) is 16.9 Å². The highest BCUT2D eigenvalue weighted by Gasteiger charge is 2.06. The Bertz CT molecular complexity index is 642. The molecule has 0 unspecified atom stereocenters. The van der Waals surface area contributed by atoms with Gasteiger partial charge in [0.05, 0.1) is 11.9 Å². The molecule has 3 aromatic rings. The maximum Gasteiger partial charge on any atom is 0.167 e. The second-order valence-electron chi connectivity index (χ2n) is 3.63. The molecule has 0 amide bonds. The largest absolute Gasteiger partial charge is 0.283 e. The van der Waals surface area contributed by atoms with Gasteiger partial charge in [0.25, 0.3) is 0 Å². The van der Waals surface area contributed by atoms with Gasteiger partial charge in [0.15, 0.2) is 5.65 Å². The molecule has 2 aromatic heterocycles. The summed E-state index contributed by atoms with van der Waals surface area (Å²) < 4.78 is 1.98. The van der Waals surface area contributed by atoms with Crippen molar-refractivity contribution in [1.82, 2.24) is 19.5 Å². The van der Waals surface area contributed by atoms with Crippen molar-refractivity contribution < 1.29 is 0 Å². The zero-order valence-electron chi connectivity index (χ0n) is 8.83. The number of aryl methyl sites for hydroxylation is 1. The second kappa shape index (κ2) is 3.41. The van der Waals surface area contributed by atoms with Crippen LogP contribution in [-0.2, 0) is 0 Å². The van der Waals surface area contributed by atoms with E-state index >= 15 is 0 Å². The highest BCUT2D eigenvalue weighted by atomic mass is 15.1. The molecule has 0 atom stereocenters. The zero-order chi connectivity index (χ0) is 11.0. The van der Waals surface area contributed by atoms with Gasteiger partial charge in [-0.3, -0.25) is 4.57 Å². The van der Waals surface area contributed by atoms with Crippen molar-refractivity contribution >= 4 is 11.2 Å². The molecule has 0 aliphatic carbocycles. The lowest BCUT2D eigenvalue weighted by atomic mass is 10.2. The van der Waals surface area contributed by atoms with E-state index in [9.17, 15) is 0 Å². The molecular formula is C12H10N4. The molecule has 0 N–H and O–H groups in total. The van der Waals surface area contributed by atoms with Gasteiger partial charge in [-0.05, 0) is 18.6 Å². The Morgan fingerprint density at radius 1 is 1.12 bits per heavy atom. The van der Waals surface area contributed by atoms with Gasteiger partial charge in [-0.25, -0.2) is 15.0 Å². The SMILES string of the molecule is Cc1ccccc1-n1cnc2cncnc21. The average molecular weight is 210 g/mol. The van der Waals surface area contributed by atoms with E-state index in [-0.39, 0.29) is 0 Å². The van der Waals surface area contributed by atoms with Gasteiger partial charge in [-0.2, -0.15) is 0 Å². The Morgan fingerprint density at radius 2 is 2.00 bits per heavy atom. The summed E-state index contributed by atoms with van der Waals surface area (Å²) in [5, 5.41) is 0. The molecule has 3 rings (SSSR count). The van der Waals surface area contributed by atoms with E-state index in [4.69, 9.17) is 0 Å². The molecule has 0 bridgehead atoms. The highest BCUT2D eigenvalue weighted by Crippen LogP contribution is 2.17. The van der Waals surface area contributed by atoms with Crippen LogP contribution in [0.15, 0.2) is 43.1 Å². The molecule has 2 heterocycles. The van der Waals surface area contributed by atoms with Gasteiger partial charge < -0.3 is 0 Å². The number of para-hydroxylation sites is 1. The summed E-state index contributed by atoms with van der Waals surface area (Å²) in [5.41, 5.74) is 3.94. The first-order chi connectivity index (χ1) is 7.86. The lowest BCUT2D eigenvalue weighted by molar-refractivity contribution is 1.04. The fourth-order valence-electron chi connectivity index (χ4n) is 1.78. The molecule has 0 aliphatic rings. The van der Waals surface area contributed by atoms with Crippen molar-refractivity contribution in [3.8, 4) is 5.69 Å². The average Bonchev–Trinajstić information content (AvgIpc) is 2.74. The van der Waals surface area contributed by atoms with Gasteiger partial charge in [0, 0.05) is 0 Å². The maximum atomic E-state index is 4.27. The van der Waals surface area contributed by atoms with E-state index in [0.29, 0.717) is 0 Å². The quantitative estimate of drug-likeness (QED) is 0.618.